The Balaban J connectivity index is 1.76. The highest BCUT2D eigenvalue weighted by atomic mass is 19.1. The summed E-state index contributed by atoms with van der Waals surface area (Å²) in [5, 5.41) is 8.94. The molecule has 2 heterocycles. The van der Waals surface area contributed by atoms with E-state index in [1.807, 2.05) is 36.4 Å². The van der Waals surface area contributed by atoms with Crippen LogP contribution in [0.25, 0.3) is 22.0 Å². The molecular formula is C22H15FN2O4. The van der Waals surface area contributed by atoms with Crippen LogP contribution >= 0.6 is 0 Å². The summed E-state index contributed by atoms with van der Waals surface area (Å²) in [6, 6.07) is 15.5. The quantitative estimate of drug-likeness (QED) is 0.525. The summed E-state index contributed by atoms with van der Waals surface area (Å²) in [5.74, 6) is -0.948. The highest BCUT2D eigenvalue weighted by Gasteiger charge is 2.15. The van der Waals surface area contributed by atoms with Gasteiger partial charge in [0.25, 0.3) is 0 Å². The summed E-state index contributed by atoms with van der Waals surface area (Å²) < 4.78 is 20.6. The first kappa shape index (κ1) is 18.4. The Hall–Kier alpha value is -4.00. The Morgan fingerprint density at radius 2 is 1.86 bits per heavy atom. The van der Waals surface area contributed by atoms with Crippen LogP contribution in [-0.4, -0.2) is 20.8 Å². The second-order valence-electron chi connectivity index (χ2n) is 6.39. The molecule has 0 atom stereocenters. The SMILES string of the molecule is O=C(O)Oc1cn(Cc2ccc(-c3cccnc3)cc2)c2c(F)cccc2c1=O. The summed E-state index contributed by atoms with van der Waals surface area (Å²) in [5.41, 5.74) is 2.20. The Morgan fingerprint density at radius 1 is 1.07 bits per heavy atom. The zero-order valence-electron chi connectivity index (χ0n) is 15.1. The average Bonchev–Trinajstić information content (AvgIpc) is 2.72. The number of carboxylic acid groups (broad SMARTS) is 1. The normalized spacial score (nSPS) is 10.8. The largest absolute Gasteiger partial charge is 0.511 e. The first-order valence-corrected chi connectivity index (χ1v) is 8.75. The lowest BCUT2D eigenvalue weighted by Crippen LogP contribution is -2.17. The predicted octanol–water partition coefficient (Wildman–Crippen LogP) is 4.31. The van der Waals surface area contributed by atoms with Crippen molar-refractivity contribution in [2.24, 2.45) is 0 Å². The van der Waals surface area contributed by atoms with Crippen LogP contribution in [0.2, 0.25) is 0 Å². The Kier molecular flexibility index (Phi) is 4.78. The molecule has 2 aromatic carbocycles. The van der Waals surface area contributed by atoms with Gasteiger partial charge >= 0.3 is 6.16 Å². The van der Waals surface area contributed by atoms with Gasteiger partial charge in [-0.3, -0.25) is 9.78 Å². The number of carbonyl (C=O) groups is 1. The summed E-state index contributed by atoms with van der Waals surface area (Å²) >= 11 is 0. The van der Waals surface area contributed by atoms with Gasteiger partial charge in [-0.1, -0.05) is 36.4 Å². The third-order valence-electron chi connectivity index (χ3n) is 4.51. The summed E-state index contributed by atoms with van der Waals surface area (Å²) in [6.07, 6.45) is 3.07. The monoisotopic (exact) mass is 390 g/mol. The van der Waals surface area contributed by atoms with Gasteiger partial charge in [-0.15, -0.1) is 0 Å². The molecule has 0 aliphatic rings. The van der Waals surface area contributed by atoms with Gasteiger partial charge in [-0.05, 0) is 34.9 Å². The number of hydrogen-bond donors (Lipinski definition) is 1. The first-order valence-electron chi connectivity index (χ1n) is 8.75. The van der Waals surface area contributed by atoms with Crippen LogP contribution in [0.1, 0.15) is 5.56 Å². The number of benzene rings is 2. The van der Waals surface area contributed by atoms with E-state index in [2.05, 4.69) is 9.72 Å². The van der Waals surface area contributed by atoms with Crippen molar-refractivity contribution in [1.29, 1.82) is 0 Å². The van der Waals surface area contributed by atoms with E-state index in [1.165, 1.54) is 29.0 Å². The molecule has 0 unspecified atom stereocenters. The minimum Gasteiger partial charge on any atom is -0.449 e. The van der Waals surface area contributed by atoms with Crippen LogP contribution in [0.15, 0.2) is 78.0 Å². The molecule has 0 radical (unpaired) electrons. The van der Waals surface area contributed by atoms with E-state index in [1.54, 1.807) is 12.4 Å². The fourth-order valence-corrected chi connectivity index (χ4v) is 3.21. The Bertz CT molecular complexity index is 1250. The molecule has 0 aliphatic carbocycles. The topological polar surface area (TPSA) is 81.4 Å². The van der Waals surface area contributed by atoms with Gasteiger partial charge in [0.1, 0.15) is 5.82 Å². The molecular weight excluding hydrogens is 375 g/mol. The van der Waals surface area contributed by atoms with Gasteiger partial charge in [-0.25, -0.2) is 9.18 Å². The highest BCUT2D eigenvalue weighted by molar-refractivity contribution is 5.81. The number of fused-ring (bicyclic) bond motifs is 1. The zero-order valence-corrected chi connectivity index (χ0v) is 15.1. The molecule has 0 fully saturated rings. The van der Waals surface area contributed by atoms with Crippen molar-refractivity contribution in [3.63, 3.8) is 0 Å². The Morgan fingerprint density at radius 3 is 2.55 bits per heavy atom. The maximum atomic E-state index is 14.5. The molecule has 0 saturated carbocycles. The van der Waals surface area contributed by atoms with Gasteiger partial charge < -0.3 is 14.4 Å². The number of halogens is 1. The van der Waals surface area contributed by atoms with Gasteiger partial charge in [-0.2, -0.15) is 0 Å². The molecule has 0 aliphatic heterocycles. The lowest BCUT2D eigenvalue weighted by molar-refractivity contribution is 0.144. The molecule has 0 saturated heterocycles. The third-order valence-corrected chi connectivity index (χ3v) is 4.51. The molecule has 1 N–H and O–H groups in total. The fourth-order valence-electron chi connectivity index (χ4n) is 3.21. The molecule has 6 nitrogen and oxygen atoms in total. The number of hydrogen-bond acceptors (Lipinski definition) is 4. The van der Waals surface area contributed by atoms with Gasteiger partial charge in [0.2, 0.25) is 5.43 Å². The van der Waals surface area contributed by atoms with E-state index in [4.69, 9.17) is 5.11 Å². The minimum atomic E-state index is -1.61. The van der Waals surface area contributed by atoms with Crippen LogP contribution in [0.4, 0.5) is 9.18 Å². The van der Waals surface area contributed by atoms with E-state index in [0.29, 0.717) is 0 Å². The van der Waals surface area contributed by atoms with E-state index in [9.17, 15) is 14.0 Å². The van der Waals surface area contributed by atoms with Crippen molar-refractivity contribution in [1.82, 2.24) is 9.55 Å². The fraction of sp³-hybridized carbons (Fsp3) is 0.0455. The number of pyridine rings is 2. The number of aromatic nitrogens is 2. The summed E-state index contributed by atoms with van der Waals surface area (Å²) in [6.45, 7) is 0.223. The first-order chi connectivity index (χ1) is 14.0. The number of nitrogens with zero attached hydrogens (tertiary/aromatic N) is 2. The highest BCUT2D eigenvalue weighted by Crippen LogP contribution is 2.22. The van der Waals surface area contributed by atoms with Crippen LogP contribution in [-0.2, 0) is 6.54 Å². The van der Waals surface area contributed by atoms with Gasteiger partial charge in [0.05, 0.1) is 17.1 Å². The zero-order chi connectivity index (χ0) is 20.4. The molecule has 144 valence electrons. The number of ether oxygens (including phenoxy) is 1. The van der Waals surface area contributed by atoms with Crippen molar-refractivity contribution in [2.75, 3.05) is 0 Å². The van der Waals surface area contributed by atoms with E-state index in [-0.39, 0.29) is 23.2 Å². The van der Waals surface area contributed by atoms with E-state index < -0.39 is 17.4 Å². The number of para-hydroxylation sites is 1. The van der Waals surface area contributed by atoms with Crippen molar-refractivity contribution in [2.45, 2.75) is 6.54 Å². The van der Waals surface area contributed by atoms with Crippen LogP contribution in [0.5, 0.6) is 5.75 Å². The smallest absolute Gasteiger partial charge is 0.449 e. The molecule has 0 spiro atoms. The molecule has 4 aromatic rings. The minimum absolute atomic E-state index is 0.0516. The second-order valence-corrected chi connectivity index (χ2v) is 6.39. The van der Waals surface area contributed by atoms with E-state index >= 15 is 0 Å². The lowest BCUT2D eigenvalue weighted by atomic mass is 10.1. The maximum Gasteiger partial charge on any atom is 0.511 e. The maximum absolute atomic E-state index is 14.5. The van der Waals surface area contributed by atoms with Crippen molar-refractivity contribution < 1.29 is 19.0 Å². The number of rotatable bonds is 4. The van der Waals surface area contributed by atoms with Crippen LogP contribution in [0.3, 0.4) is 0 Å². The van der Waals surface area contributed by atoms with Gasteiger partial charge in [0, 0.05) is 18.9 Å². The molecule has 0 amide bonds. The van der Waals surface area contributed by atoms with Crippen molar-refractivity contribution in [3.05, 3.63) is 94.8 Å². The third kappa shape index (κ3) is 3.70. The molecule has 29 heavy (non-hydrogen) atoms. The average molecular weight is 390 g/mol. The molecule has 2 aromatic heterocycles. The molecule has 0 bridgehead atoms. The van der Waals surface area contributed by atoms with Gasteiger partial charge in [0.15, 0.2) is 5.75 Å². The van der Waals surface area contributed by atoms with Crippen molar-refractivity contribution in [3.8, 4) is 16.9 Å². The Labute approximate surface area is 164 Å². The predicted molar refractivity (Wildman–Crippen MR) is 106 cm³/mol. The summed E-state index contributed by atoms with van der Waals surface area (Å²) in [4.78, 5) is 27.5. The van der Waals surface area contributed by atoms with Crippen LogP contribution in [0, 0.1) is 5.82 Å². The standard InChI is InChI=1S/C22H15FN2O4/c23-18-5-1-4-17-20(18)25(13-19(21(17)26)29-22(27)28)12-14-6-8-15(9-7-14)16-3-2-10-24-11-16/h1-11,13H,12H2,(H,27,28). The van der Waals surface area contributed by atoms with E-state index in [0.717, 1.165) is 16.7 Å². The molecule has 4 rings (SSSR count). The summed E-state index contributed by atoms with van der Waals surface area (Å²) in [7, 11) is 0. The van der Waals surface area contributed by atoms with Crippen molar-refractivity contribution >= 4 is 17.1 Å². The second kappa shape index (κ2) is 7.55. The van der Waals surface area contributed by atoms with Crippen LogP contribution < -0.4 is 10.2 Å². The lowest BCUT2D eigenvalue weighted by Gasteiger charge is -2.14. The molecule has 7 heteroatoms.